The average molecular weight is 285 g/mol. The molecule has 0 spiro atoms. The third-order valence-electron chi connectivity index (χ3n) is 2.74. The number of ether oxygens (including phenoxy) is 1. The van der Waals surface area contributed by atoms with Gasteiger partial charge >= 0.3 is 6.36 Å². The second kappa shape index (κ2) is 6.00. The van der Waals surface area contributed by atoms with Crippen LogP contribution in [0.25, 0.3) is 0 Å². The molecule has 2 aromatic rings. The molecule has 0 aliphatic heterocycles. The minimum Gasteiger partial charge on any atom is -0.468 e. The number of rotatable bonds is 5. The van der Waals surface area contributed by atoms with Crippen molar-refractivity contribution in [3.63, 3.8) is 0 Å². The Bertz CT molecular complexity index is 520. The highest BCUT2D eigenvalue weighted by Crippen LogP contribution is 2.23. The molecule has 0 saturated carbocycles. The lowest BCUT2D eigenvalue weighted by atomic mass is 10.2. The molecule has 108 valence electrons. The van der Waals surface area contributed by atoms with E-state index >= 15 is 0 Å². The van der Waals surface area contributed by atoms with Gasteiger partial charge in [0.25, 0.3) is 0 Å². The summed E-state index contributed by atoms with van der Waals surface area (Å²) in [7, 11) is 0. The zero-order valence-corrected chi connectivity index (χ0v) is 10.8. The Morgan fingerprint density at radius 3 is 2.45 bits per heavy atom. The van der Waals surface area contributed by atoms with Crippen molar-refractivity contribution >= 4 is 0 Å². The molecule has 2 rings (SSSR count). The van der Waals surface area contributed by atoms with Crippen molar-refractivity contribution in [1.29, 1.82) is 0 Å². The van der Waals surface area contributed by atoms with Gasteiger partial charge in [-0.3, -0.25) is 0 Å². The molecule has 1 heterocycles. The van der Waals surface area contributed by atoms with Gasteiger partial charge in [0.05, 0.1) is 12.3 Å². The lowest BCUT2D eigenvalue weighted by Gasteiger charge is -2.12. The zero-order valence-electron chi connectivity index (χ0n) is 10.8. The van der Waals surface area contributed by atoms with Crippen LogP contribution in [0.1, 0.15) is 24.3 Å². The molecule has 3 nitrogen and oxygen atoms in total. The molecule has 0 amide bonds. The van der Waals surface area contributed by atoms with Gasteiger partial charge in [0, 0.05) is 6.54 Å². The first-order valence-electron chi connectivity index (χ1n) is 6.05. The maximum absolute atomic E-state index is 12.0. The predicted octanol–water partition coefficient (Wildman–Crippen LogP) is 4.03. The molecule has 0 aliphatic rings. The van der Waals surface area contributed by atoms with Crippen molar-refractivity contribution in [3.8, 4) is 5.75 Å². The van der Waals surface area contributed by atoms with Gasteiger partial charge in [-0.15, -0.1) is 13.2 Å². The maximum Gasteiger partial charge on any atom is 0.573 e. The van der Waals surface area contributed by atoms with Crippen LogP contribution in [0, 0.1) is 0 Å². The highest BCUT2D eigenvalue weighted by molar-refractivity contribution is 5.27. The Hall–Kier alpha value is -1.95. The molecule has 0 bridgehead atoms. The van der Waals surface area contributed by atoms with Crippen LogP contribution in [0.4, 0.5) is 13.2 Å². The number of halogens is 3. The first-order valence-corrected chi connectivity index (χ1v) is 6.05. The van der Waals surface area contributed by atoms with E-state index in [1.165, 1.54) is 12.1 Å². The highest BCUT2D eigenvalue weighted by Gasteiger charge is 2.30. The van der Waals surface area contributed by atoms with E-state index in [1.807, 2.05) is 13.0 Å². The molecule has 0 aliphatic carbocycles. The molecule has 6 heteroatoms. The van der Waals surface area contributed by atoms with Crippen LogP contribution in [0.3, 0.4) is 0 Å². The van der Waals surface area contributed by atoms with Crippen molar-refractivity contribution in [2.75, 3.05) is 0 Å². The molecule has 0 radical (unpaired) electrons. The van der Waals surface area contributed by atoms with Crippen LogP contribution in [-0.2, 0) is 6.54 Å². The molecule has 0 fully saturated rings. The van der Waals surface area contributed by atoms with Crippen molar-refractivity contribution < 1.29 is 22.3 Å². The molecular formula is C14H14F3NO2. The Morgan fingerprint density at radius 1 is 1.20 bits per heavy atom. The van der Waals surface area contributed by atoms with Crippen molar-refractivity contribution in [2.45, 2.75) is 25.9 Å². The second-order valence-electron chi connectivity index (χ2n) is 4.31. The summed E-state index contributed by atoms with van der Waals surface area (Å²) in [4.78, 5) is 0. The van der Waals surface area contributed by atoms with Crippen LogP contribution in [0.2, 0.25) is 0 Å². The maximum atomic E-state index is 12.0. The van der Waals surface area contributed by atoms with E-state index in [4.69, 9.17) is 4.42 Å². The Labute approximate surface area is 114 Å². The van der Waals surface area contributed by atoms with E-state index in [1.54, 1.807) is 24.5 Å². The average Bonchev–Trinajstić information content (AvgIpc) is 2.89. The standard InChI is InChI=1S/C14H14F3NO2/c1-10(13-3-2-8-19-13)18-9-11-4-6-12(7-5-11)20-14(15,16)17/h2-8,10,18H,9H2,1H3/t10-/m0/s1. The lowest BCUT2D eigenvalue weighted by Crippen LogP contribution is -2.18. The van der Waals surface area contributed by atoms with Crippen LogP contribution in [0.5, 0.6) is 5.75 Å². The number of benzene rings is 1. The number of hydrogen-bond acceptors (Lipinski definition) is 3. The molecule has 0 unspecified atom stereocenters. The lowest BCUT2D eigenvalue weighted by molar-refractivity contribution is -0.274. The van der Waals surface area contributed by atoms with Crippen molar-refractivity contribution in [3.05, 3.63) is 54.0 Å². The predicted molar refractivity (Wildman–Crippen MR) is 67.1 cm³/mol. The Kier molecular flexibility index (Phi) is 4.34. The molecule has 1 aromatic heterocycles. The van der Waals surface area contributed by atoms with Crippen LogP contribution < -0.4 is 10.1 Å². The van der Waals surface area contributed by atoms with E-state index in [2.05, 4.69) is 10.1 Å². The largest absolute Gasteiger partial charge is 0.573 e. The summed E-state index contributed by atoms with van der Waals surface area (Å²) in [6.07, 6.45) is -3.07. The summed E-state index contributed by atoms with van der Waals surface area (Å²) in [6.45, 7) is 2.47. The van der Waals surface area contributed by atoms with Gasteiger partial charge in [-0.1, -0.05) is 12.1 Å². The summed E-state index contributed by atoms with van der Waals surface area (Å²) in [5, 5.41) is 3.21. The Balaban J connectivity index is 1.88. The van der Waals surface area contributed by atoms with E-state index < -0.39 is 6.36 Å². The summed E-state index contributed by atoms with van der Waals surface area (Å²) in [5.41, 5.74) is 0.859. The Morgan fingerprint density at radius 2 is 1.90 bits per heavy atom. The van der Waals surface area contributed by atoms with Gasteiger partial charge in [0.15, 0.2) is 0 Å². The van der Waals surface area contributed by atoms with E-state index in [0.29, 0.717) is 6.54 Å². The molecular weight excluding hydrogens is 271 g/mol. The fraction of sp³-hybridized carbons (Fsp3) is 0.286. The van der Waals surface area contributed by atoms with Gasteiger partial charge in [-0.25, -0.2) is 0 Å². The number of nitrogens with one attached hydrogen (secondary N) is 1. The smallest absolute Gasteiger partial charge is 0.468 e. The topological polar surface area (TPSA) is 34.4 Å². The fourth-order valence-corrected chi connectivity index (χ4v) is 1.72. The first kappa shape index (κ1) is 14.5. The molecule has 1 N–H and O–H groups in total. The van der Waals surface area contributed by atoms with E-state index in [9.17, 15) is 13.2 Å². The van der Waals surface area contributed by atoms with Gasteiger partial charge < -0.3 is 14.5 Å². The highest BCUT2D eigenvalue weighted by atomic mass is 19.4. The quantitative estimate of drug-likeness (QED) is 0.900. The summed E-state index contributed by atoms with van der Waals surface area (Å²) < 4.78 is 45.1. The molecule has 20 heavy (non-hydrogen) atoms. The summed E-state index contributed by atoms with van der Waals surface area (Å²) in [5.74, 6) is 0.586. The van der Waals surface area contributed by atoms with Crippen molar-refractivity contribution in [2.24, 2.45) is 0 Å². The van der Waals surface area contributed by atoms with Gasteiger partial charge in [-0.2, -0.15) is 0 Å². The fourth-order valence-electron chi connectivity index (χ4n) is 1.72. The molecule has 1 atom stereocenters. The first-order chi connectivity index (χ1) is 9.44. The van der Waals surface area contributed by atoms with Gasteiger partial charge in [0.2, 0.25) is 0 Å². The molecule has 0 saturated heterocycles. The third-order valence-corrected chi connectivity index (χ3v) is 2.74. The van der Waals surface area contributed by atoms with Gasteiger partial charge in [0.1, 0.15) is 11.5 Å². The monoisotopic (exact) mass is 285 g/mol. The summed E-state index contributed by atoms with van der Waals surface area (Å²) in [6, 6.07) is 9.45. The van der Waals surface area contributed by atoms with Gasteiger partial charge in [-0.05, 0) is 36.8 Å². The number of furan rings is 1. The molecule has 1 aromatic carbocycles. The zero-order chi connectivity index (χ0) is 14.6. The van der Waals surface area contributed by atoms with Crippen LogP contribution in [-0.4, -0.2) is 6.36 Å². The minimum atomic E-state index is -4.66. The van der Waals surface area contributed by atoms with Crippen LogP contribution in [0.15, 0.2) is 47.1 Å². The number of hydrogen-bond donors (Lipinski definition) is 1. The summed E-state index contributed by atoms with van der Waals surface area (Å²) >= 11 is 0. The minimum absolute atomic E-state index is 0.0242. The third kappa shape index (κ3) is 4.31. The van der Waals surface area contributed by atoms with E-state index in [-0.39, 0.29) is 11.8 Å². The number of alkyl halides is 3. The SMILES string of the molecule is C[C@H](NCc1ccc(OC(F)(F)F)cc1)c1ccco1. The normalized spacial score (nSPS) is 13.2. The van der Waals surface area contributed by atoms with Crippen LogP contribution >= 0.6 is 0 Å². The van der Waals surface area contributed by atoms with E-state index in [0.717, 1.165) is 11.3 Å². The second-order valence-corrected chi connectivity index (χ2v) is 4.31. The van der Waals surface area contributed by atoms with Crippen molar-refractivity contribution in [1.82, 2.24) is 5.32 Å².